The number of carbonyl (C=O) groups is 2. The molecule has 170 valence electrons. The highest BCUT2D eigenvalue weighted by Crippen LogP contribution is 2.42. The smallest absolute Gasteiger partial charge is 0.264 e. The molecular formula is C27H22FN3O2S. The highest BCUT2D eigenvalue weighted by Gasteiger charge is 2.40. The molecule has 1 heterocycles. The third kappa shape index (κ3) is 5.19. The molecule has 0 aliphatic carbocycles. The van der Waals surface area contributed by atoms with Gasteiger partial charge in [-0.25, -0.2) is 4.39 Å². The summed E-state index contributed by atoms with van der Waals surface area (Å²) >= 11 is 1.19. The Kier molecular flexibility index (Phi) is 7.09. The van der Waals surface area contributed by atoms with Gasteiger partial charge in [0, 0.05) is 12.2 Å². The first-order valence-electron chi connectivity index (χ1n) is 10.7. The van der Waals surface area contributed by atoms with E-state index < -0.39 is 11.2 Å². The number of halogens is 1. The lowest BCUT2D eigenvalue weighted by Crippen LogP contribution is -2.32. The molecule has 34 heavy (non-hydrogen) atoms. The van der Waals surface area contributed by atoms with E-state index in [0.717, 1.165) is 16.7 Å². The van der Waals surface area contributed by atoms with Crippen LogP contribution in [0.2, 0.25) is 0 Å². The molecular weight excluding hydrogens is 449 g/mol. The Morgan fingerprint density at radius 2 is 1.71 bits per heavy atom. The SMILES string of the molecule is Cc1ccc(N2C(=O)C(Cc3ccc(F)cc3)SC2=C(C#N)C(=O)NCc2ccccc2)cc1. The second-order valence-electron chi connectivity index (χ2n) is 7.91. The summed E-state index contributed by atoms with van der Waals surface area (Å²) in [5.74, 6) is -1.11. The third-order valence-electron chi connectivity index (χ3n) is 5.43. The average Bonchev–Trinajstić information content (AvgIpc) is 3.16. The summed E-state index contributed by atoms with van der Waals surface area (Å²) in [6.45, 7) is 2.20. The molecule has 0 saturated carbocycles. The predicted octanol–water partition coefficient (Wildman–Crippen LogP) is 4.88. The zero-order valence-electron chi connectivity index (χ0n) is 18.5. The zero-order valence-corrected chi connectivity index (χ0v) is 19.3. The zero-order chi connectivity index (χ0) is 24.1. The van der Waals surface area contributed by atoms with E-state index in [1.54, 1.807) is 24.3 Å². The van der Waals surface area contributed by atoms with E-state index >= 15 is 0 Å². The molecule has 1 unspecified atom stereocenters. The molecule has 1 saturated heterocycles. The highest BCUT2D eigenvalue weighted by molar-refractivity contribution is 8.05. The number of rotatable bonds is 6. The van der Waals surface area contributed by atoms with Crippen LogP contribution in [0.3, 0.4) is 0 Å². The topological polar surface area (TPSA) is 73.2 Å². The molecule has 0 radical (unpaired) electrons. The number of nitrogens with one attached hydrogen (secondary N) is 1. The van der Waals surface area contributed by atoms with Gasteiger partial charge in [0.05, 0.1) is 5.25 Å². The number of amides is 2. The summed E-state index contributed by atoms with van der Waals surface area (Å²) in [6.07, 6.45) is 0.347. The first-order chi connectivity index (χ1) is 16.5. The fourth-order valence-electron chi connectivity index (χ4n) is 3.62. The summed E-state index contributed by atoms with van der Waals surface area (Å²) in [5, 5.41) is 12.4. The third-order valence-corrected chi connectivity index (χ3v) is 6.69. The van der Waals surface area contributed by atoms with Gasteiger partial charge in [0.2, 0.25) is 5.91 Å². The van der Waals surface area contributed by atoms with Crippen LogP contribution in [0.15, 0.2) is 89.5 Å². The largest absolute Gasteiger partial charge is 0.347 e. The maximum Gasteiger partial charge on any atom is 0.264 e. The van der Waals surface area contributed by atoms with Crippen molar-refractivity contribution in [2.75, 3.05) is 4.90 Å². The van der Waals surface area contributed by atoms with Gasteiger partial charge < -0.3 is 5.32 Å². The van der Waals surface area contributed by atoms with E-state index in [9.17, 15) is 19.2 Å². The second kappa shape index (κ2) is 10.4. The number of aryl methyl sites for hydroxylation is 1. The van der Waals surface area contributed by atoms with Crippen molar-refractivity contribution >= 4 is 29.3 Å². The van der Waals surface area contributed by atoms with E-state index in [2.05, 4.69) is 5.32 Å². The lowest BCUT2D eigenvalue weighted by molar-refractivity contribution is -0.117. The Bertz CT molecular complexity index is 1270. The van der Waals surface area contributed by atoms with Gasteiger partial charge in [0.15, 0.2) is 0 Å². The molecule has 1 aliphatic heterocycles. The fraction of sp³-hybridized carbons (Fsp3) is 0.148. The number of benzene rings is 3. The van der Waals surface area contributed by atoms with Gasteiger partial charge in [-0.1, -0.05) is 71.9 Å². The van der Waals surface area contributed by atoms with Gasteiger partial charge in [0.25, 0.3) is 5.91 Å². The molecule has 3 aromatic carbocycles. The van der Waals surface area contributed by atoms with Crippen LogP contribution in [-0.4, -0.2) is 17.1 Å². The number of carbonyl (C=O) groups excluding carboxylic acids is 2. The molecule has 7 heteroatoms. The van der Waals surface area contributed by atoms with Crippen molar-refractivity contribution in [2.45, 2.75) is 25.1 Å². The number of hydrogen-bond acceptors (Lipinski definition) is 4. The summed E-state index contributed by atoms with van der Waals surface area (Å²) < 4.78 is 13.3. The number of nitriles is 1. The van der Waals surface area contributed by atoms with Crippen molar-refractivity contribution in [2.24, 2.45) is 0 Å². The van der Waals surface area contributed by atoms with Crippen molar-refractivity contribution in [3.05, 3.63) is 112 Å². The minimum Gasteiger partial charge on any atom is -0.347 e. The summed E-state index contributed by atoms with van der Waals surface area (Å²) in [6, 6.07) is 24.7. The lowest BCUT2D eigenvalue weighted by atomic mass is 10.1. The van der Waals surface area contributed by atoms with Gasteiger partial charge >= 0.3 is 0 Å². The first kappa shape index (κ1) is 23.3. The van der Waals surface area contributed by atoms with Crippen LogP contribution in [0.5, 0.6) is 0 Å². The fourth-order valence-corrected chi connectivity index (χ4v) is 4.93. The first-order valence-corrected chi connectivity index (χ1v) is 11.6. The lowest BCUT2D eigenvalue weighted by Gasteiger charge is -2.19. The Balaban J connectivity index is 1.66. The molecule has 0 bridgehead atoms. The van der Waals surface area contributed by atoms with Crippen LogP contribution < -0.4 is 10.2 Å². The van der Waals surface area contributed by atoms with Gasteiger partial charge in [-0.2, -0.15) is 5.26 Å². The van der Waals surface area contributed by atoms with Gasteiger partial charge in [-0.15, -0.1) is 0 Å². The van der Waals surface area contributed by atoms with Crippen LogP contribution in [0.1, 0.15) is 16.7 Å². The van der Waals surface area contributed by atoms with Gasteiger partial charge in [0.1, 0.15) is 22.5 Å². The number of hydrogen-bond donors (Lipinski definition) is 1. The van der Waals surface area contributed by atoms with Crippen LogP contribution in [0.4, 0.5) is 10.1 Å². The average molecular weight is 472 g/mol. The van der Waals surface area contributed by atoms with Crippen molar-refractivity contribution in [3.8, 4) is 6.07 Å². The van der Waals surface area contributed by atoms with E-state index in [1.807, 2.05) is 55.5 Å². The van der Waals surface area contributed by atoms with E-state index in [0.29, 0.717) is 17.1 Å². The van der Waals surface area contributed by atoms with E-state index in [1.165, 1.54) is 28.8 Å². The molecule has 0 spiro atoms. The standard InChI is InChI=1S/C27H22FN3O2S/c1-18-7-13-22(14-8-18)31-26(33)24(15-19-9-11-21(28)12-10-19)34-27(31)23(16-29)25(32)30-17-20-5-3-2-4-6-20/h2-14,24H,15,17H2,1H3,(H,30,32). The molecule has 4 rings (SSSR count). The molecule has 0 aromatic heterocycles. The summed E-state index contributed by atoms with van der Waals surface area (Å²) in [4.78, 5) is 27.9. The van der Waals surface area contributed by atoms with Crippen LogP contribution >= 0.6 is 11.8 Å². The molecule has 5 nitrogen and oxygen atoms in total. The van der Waals surface area contributed by atoms with Gasteiger partial charge in [-0.05, 0) is 48.7 Å². The Hall–Kier alpha value is -3.89. The Morgan fingerprint density at radius 1 is 1.03 bits per heavy atom. The summed E-state index contributed by atoms with van der Waals surface area (Å²) in [7, 11) is 0. The highest BCUT2D eigenvalue weighted by atomic mass is 32.2. The number of thioether (sulfide) groups is 1. The van der Waals surface area contributed by atoms with Crippen molar-refractivity contribution in [1.29, 1.82) is 5.26 Å². The summed E-state index contributed by atoms with van der Waals surface area (Å²) in [5.41, 5.74) is 3.19. The minimum atomic E-state index is -0.549. The van der Waals surface area contributed by atoms with Crippen molar-refractivity contribution in [3.63, 3.8) is 0 Å². The Morgan fingerprint density at radius 3 is 2.35 bits per heavy atom. The van der Waals surface area contributed by atoms with Crippen LogP contribution in [-0.2, 0) is 22.6 Å². The van der Waals surface area contributed by atoms with Crippen molar-refractivity contribution < 1.29 is 14.0 Å². The van der Waals surface area contributed by atoms with Crippen molar-refractivity contribution in [1.82, 2.24) is 5.32 Å². The number of nitrogens with zero attached hydrogens (tertiary/aromatic N) is 2. The minimum absolute atomic E-state index is 0.114. The maximum atomic E-state index is 13.5. The Labute approximate surface area is 201 Å². The van der Waals surface area contributed by atoms with Crippen LogP contribution in [0, 0.1) is 24.1 Å². The molecule has 1 N–H and O–H groups in total. The molecule has 1 aliphatic rings. The van der Waals surface area contributed by atoms with Crippen LogP contribution in [0.25, 0.3) is 0 Å². The van der Waals surface area contributed by atoms with E-state index in [4.69, 9.17) is 0 Å². The molecule has 1 atom stereocenters. The van der Waals surface area contributed by atoms with Gasteiger partial charge in [-0.3, -0.25) is 14.5 Å². The molecule has 3 aromatic rings. The normalized spacial score (nSPS) is 16.8. The number of anilines is 1. The van der Waals surface area contributed by atoms with E-state index in [-0.39, 0.29) is 23.8 Å². The maximum absolute atomic E-state index is 13.5. The predicted molar refractivity (Wildman–Crippen MR) is 131 cm³/mol. The quantitative estimate of drug-likeness (QED) is 0.411. The molecule has 1 fully saturated rings. The monoisotopic (exact) mass is 471 g/mol. The molecule has 2 amide bonds. The second-order valence-corrected chi connectivity index (χ2v) is 9.10.